The molecule has 0 fully saturated rings. The van der Waals surface area contributed by atoms with Crippen LogP contribution in [-0.4, -0.2) is 5.91 Å². The summed E-state index contributed by atoms with van der Waals surface area (Å²) in [7, 11) is 0. The Morgan fingerprint density at radius 1 is 1.64 bits per heavy atom. The zero-order valence-corrected chi connectivity index (χ0v) is 9.52. The lowest BCUT2D eigenvalue weighted by Gasteiger charge is -2.03. The van der Waals surface area contributed by atoms with Gasteiger partial charge in [0, 0.05) is 10.2 Å². The van der Waals surface area contributed by atoms with E-state index < -0.39 is 0 Å². The number of rotatable bonds is 2. The molecule has 0 aliphatic rings. The minimum atomic E-state index is -0.217. The fraction of sp³-hybridized carbons (Fsp3) is 0.100. The maximum atomic E-state index is 11.1. The summed E-state index contributed by atoms with van der Waals surface area (Å²) in [6, 6.07) is 5.15. The van der Waals surface area contributed by atoms with Gasteiger partial charge in [-0.15, -0.1) is 6.42 Å². The van der Waals surface area contributed by atoms with E-state index in [1.807, 2.05) is 0 Å². The zero-order chi connectivity index (χ0) is 10.6. The normalized spacial score (nSPS) is 9.21. The highest BCUT2D eigenvalue weighted by Gasteiger charge is 2.02. The van der Waals surface area contributed by atoms with E-state index in [1.54, 1.807) is 18.2 Å². The average Bonchev–Trinajstić information content (AvgIpc) is 2.12. The van der Waals surface area contributed by atoms with Crippen molar-refractivity contribution in [3.63, 3.8) is 0 Å². The fourth-order valence-electron chi connectivity index (χ4n) is 0.872. The van der Waals surface area contributed by atoms with E-state index in [2.05, 4.69) is 27.2 Å². The van der Waals surface area contributed by atoms with Gasteiger partial charge in [0.05, 0.1) is 11.4 Å². The third kappa shape index (κ3) is 3.06. The molecule has 0 saturated heterocycles. The molecule has 4 heteroatoms. The van der Waals surface area contributed by atoms with Crippen LogP contribution >= 0.6 is 27.5 Å². The van der Waals surface area contributed by atoms with Gasteiger partial charge in [-0.05, 0) is 34.1 Å². The molecule has 1 aromatic rings. The number of carbonyl (C=O) groups excluding carboxylic acids is 1. The molecule has 0 saturated carbocycles. The summed E-state index contributed by atoms with van der Waals surface area (Å²) in [4.78, 5) is 11.1. The van der Waals surface area contributed by atoms with Crippen molar-refractivity contribution in [1.29, 1.82) is 0 Å². The van der Waals surface area contributed by atoms with Gasteiger partial charge in [-0.2, -0.15) is 0 Å². The number of hydrogen-bond acceptors (Lipinski definition) is 1. The van der Waals surface area contributed by atoms with Gasteiger partial charge in [-0.1, -0.05) is 17.5 Å². The summed E-state index contributed by atoms with van der Waals surface area (Å²) in [6.07, 6.45) is 5.06. The van der Waals surface area contributed by atoms with E-state index in [9.17, 15) is 4.79 Å². The topological polar surface area (TPSA) is 29.1 Å². The minimum Gasteiger partial charge on any atom is -0.325 e. The van der Waals surface area contributed by atoms with E-state index in [0.717, 1.165) is 4.47 Å². The summed E-state index contributed by atoms with van der Waals surface area (Å²) in [5, 5.41) is 3.17. The van der Waals surface area contributed by atoms with Gasteiger partial charge in [0.2, 0.25) is 5.91 Å². The molecule has 0 spiro atoms. The van der Waals surface area contributed by atoms with Crippen molar-refractivity contribution < 1.29 is 4.79 Å². The lowest BCUT2D eigenvalue weighted by Crippen LogP contribution is -2.09. The molecule has 0 aromatic heterocycles. The Hall–Kier alpha value is -0.980. The van der Waals surface area contributed by atoms with Crippen LogP contribution in [0.25, 0.3) is 0 Å². The van der Waals surface area contributed by atoms with Crippen molar-refractivity contribution >= 4 is 39.1 Å². The first-order valence-corrected chi connectivity index (χ1v) is 4.99. The summed E-state index contributed by atoms with van der Waals surface area (Å²) in [5.74, 6) is 2.04. The Balaban J connectivity index is 2.74. The highest BCUT2D eigenvalue weighted by atomic mass is 79.9. The Kier molecular flexibility index (Phi) is 3.99. The first-order chi connectivity index (χ1) is 6.63. The molecule has 0 aliphatic heterocycles. The quantitative estimate of drug-likeness (QED) is 0.824. The van der Waals surface area contributed by atoms with Crippen LogP contribution in [0.5, 0.6) is 0 Å². The Morgan fingerprint density at radius 2 is 2.36 bits per heavy atom. The summed E-state index contributed by atoms with van der Waals surface area (Å²) < 4.78 is 0.786. The predicted molar refractivity (Wildman–Crippen MR) is 61.2 cm³/mol. The summed E-state index contributed by atoms with van der Waals surface area (Å²) in [5.41, 5.74) is 0.637. The molecular weight excluding hydrogens is 265 g/mol. The molecule has 72 valence electrons. The minimum absolute atomic E-state index is 0.0632. The molecular formula is C10H7BrClNO. The molecule has 0 bridgehead atoms. The van der Waals surface area contributed by atoms with Gasteiger partial charge in [0.25, 0.3) is 0 Å². The molecule has 0 aliphatic carbocycles. The molecule has 0 radical (unpaired) electrons. The van der Waals surface area contributed by atoms with Gasteiger partial charge in [0.1, 0.15) is 0 Å². The van der Waals surface area contributed by atoms with Crippen molar-refractivity contribution in [3.8, 4) is 12.3 Å². The maximum absolute atomic E-state index is 11.1. The van der Waals surface area contributed by atoms with Crippen molar-refractivity contribution in [2.24, 2.45) is 0 Å². The molecule has 1 N–H and O–H groups in total. The maximum Gasteiger partial charge on any atom is 0.236 e. The molecule has 0 unspecified atom stereocenters. The zero-order valence-electron chi connectivity index (χ0n) is 7.18. The fourth-order valence-corrected chi connectivity index (χ4v) is 1.30. The van der Waals surface area contributed by atoms with E-state index in [1.165, 1.54) is 0 Å². The van der Waals surface area contributed by atoms with E-state index in [-0.39, 0.29) is 12.3 Å². The van der Waals surface area contributed by atoms with Crippen LogP contribution in [0.2, 0.25) is 5.02 Å². The van der Waals surface area contributed by atoms with Gasteiger partial charge < -0.3 is 5.32 Å². The highest BCUT2D eigenvalue weighted by molar-refractivity contribution is 9.10. The van der Waals surface area contributed by atoms with Crippen molar-refractivity contribution in [2.45, 2.75) is 6.42 Å². The molecule has 2 nitrogen and oxygen atoms in total. The van der Waals surface area contributed by atoms with Gasteiger partial charge in [0.15, 0.2) is 0 Å². The number of halogens is 2. The van der Waals surface area contributed by atoms with Crippen LogP contribution in [0.15, 0.2) is 22.7 Å². The van der Waals surface area contributed by atoms with Crippen molar-refractivity contribution in [3.05, 3.63) is 27.7 Å². The number of anilines is 1. The first-order valence-electron chi connectivity index (χ1n) is 3.82. The lowest BCUT2D eigenvalue weighted by molar-refractivity contribution is -0.115. The van der Waals surface area contributed by atoms with Gasteiger partial charge in [-0.25, -0.2) is 0 Å². The van der Waals surface area contributed by atoms with Crippen LogP contribution in [0.3, 0.4) is 0 Å². The third-order valence-electron chi connectivity index (χ3n) is 1.47. The number of carbonyl (C=O) groups is 1. The molecule has 0 heterocycles. The SMILES string of the molecule is C#CCC(=O)Nc1ccc(Br)c(Cl)c1. The summed E-state index contributed by atoms with van der Waals surface area (Å²) in [6.45, 7) is 0. The lowest BCUT2D eigenvalue weighted by atomic mass is 10.3. The van der Waals surface area contributed by atoms with Crippen LogP contribution in [0.1, 0.15) is 6.42 Å². The number of amides is 1. The molecule has 14 heavy (non-hydrogen) atoms. The van der Waals surface area contributed by atoms with Crippen LogP contribution in [0.4, 0.5) is 5.69 Å². The number of terminal acetylenes is 1. The number of benzene rings is 1. The van der Waals surface area contributed by atoms with Crippen molar-refractivity contribution in [2.75, 3.05) is 5.32 Å². The van der Waals surface area contributed by atoms with Crippen LogP contribution in [0, 0.1) is 12.3 Å². The number of nitrogens with one attached hydrogen (secondary N) is 1. The number of hydrogen-bond donors (Lipinski definition) is 1. The van der Waals surface area contributed by atoms with E-state index in [4.69, 9.17) is 18.0 Å². The third-order valence-corrected chi connectivity index (χ3v) is 2.70. The molecule has 1 aromatic carbocycles. The Bertz CT molecular complexity index is 398. The van der Waals surface area contributed by atoms with Gasteiger partial charge in [-0.3, -0.25) is 4.79 Å². The summed E-state index contributed by atoms with van der Waals surface area (Å²) >= 11 is 9.09. The van der Waals surface area contributed by atoms with Crippen LogP contribution < -0.4 is 5.32 Å². The molecule has 0 atom stereocenters. The van der Waals surface area contributed by atoms with E-state index in [0.29, 0.717) is 10.7 Å². The van der Waals surface area contributed by atoms with Crippen LogP contribution in [-0.2, 0) is 4.79 Å². The molecule has 1 amide bonds. The molecule has 1 rings (SSSR count). The standard InChI is InChI=1S/C10H7BrClNO/c1-2-3-10(14)13-7-4-5-8(11)9(12)6-7/h1,4-6H,3H2,(H,13,14). The average molecular weight is 273 g/mol. The second-order valence-electron chi connectivity index (χ2n) is 2.56. The second-order valence-corrected chi connectivity index (χ2v) is 3.82. The first kappa shape index (κ1) is 11.1. The smallest absolute Gasteiger partial charge is 0.236 e. The van der Waals surface area contributed by atoms with Crippen molar-refractivity contribution in [1.82, 2.24) is 0 Å². The van der Waals surface area contributed by atoms with Gasteiger partial charge >= 0.3 is 0 Å². The largest absolute Gasteiger partial charge is 0.325 e. The monoisotopic (exact) mass is 271 g/mol. The second kappa shape index (κ2) is 5.04. The predicted octanol–water partition coefficient (Wildman–Crippen LogP) is 3.06. The Morgan fingerprint density at radius 3 is 2.93 bits per heavy atom. The highest BCUT2D eigenvalue weighted by Crippen LogP contribution is 2.25. The van der Waals surface area contributed by atoms with E-state index >= 15 is 0 Å². The Labute approximate surface area is 95.8 Å².